The number of aromatic nitrogens is 1. The third kappa shape index (κ3) is 3.58. The van der Waals surface area contributed by atoms with Gasteiger partial charge in [-0.15, -0.1) is 0 Å². The minimum Gasteiger partial charge on any atom is -0.466 e. The zero-order valence-corrected chi connectivity index (χ0v) is 11.6. The molecule has 0 spiro atoms. The topological polar surface area (TPSA) is 39.2 Å². The van der Waals surface area contributed by atoms with Crippen molar-refractivity contribution in [2.45, 2.75) is 26.7 Å². The maximum atomic E-state index is 12.9. The Bertz CT molecular complexity index is 424. The van der Waals surface area contributed by atoms with E-state index in [0.29, 0.717) is 9.13 Å². The van der Waals surface area contributed by atoms with Crippen LogP contribution in [-0.2, 0) is 16.0 Å². The number of ether oxygens (including phenoxy) is 1. The minimum atomic E-state index is -2.64. The molecule has 3 nitrogen and oxygen atoms in total. The molecule has 0 aliphatic heterocycles. The zero-order chi connectivity index (χ0) is 13.0. The van der Waals surface area contributed by atoms with Crippen LogP contribution in [0.4, 0.5) is 8.78 Å². The number of nitrogens with zero attached hydrogens (tertiary/aromatic N) is 1. The molecule has 94 valence electrons. The second-order valence-electron chi connectivity index (χ2n) is 3.40. The van der Waals surface area contributed by atoms with E-state index in [2.05, 4.69) is 4.98 Å². The number of esters is 1. The van der Waals surface area contributed by atoms with E-state index < -0.39 is 12.4 Å². The lowest BCUT2D eigenvalue weighted by Gasteiger charge is -2.11. The standard InChI is InChI=1S/C11H12F2INO2/c1-3-17-8(16)4-7-9(11(12)13)10(14)6(2)5-15-7/h5,11H,3-4H2,1-2H3. The Morgan fingerprint density at radius 1 is 1.59 bits per heavy atom. The number of alkyl halides is 2. The fourth-order valence-corrected chi connectivity index (χ4v) is 2.04. The molecule has 1 aromatic heterocycles. The highest BCUT2D eigenvalue weighted by Gasteiger charge is 2.21. The summed E-state index contributed by atoms with van der Waals surface area (Å²) in [6, 6.07) is 0. The monoisotopic (exact) mass is 355 g/mol. The number of hydrogen-bond donors (Lipinski definition) is 0. The largest absolute Gasteiger partial charge is 0.466 e. The first-order valence-electron chi connectivity index (χ1n) is 5.05. The Balaban J connectivity index is 3.07. The molecule has 6 heteroatoms. The van der Waals surface area contributed by atoms with Crippen LogP contribution in [0.3, 0.4) is 0 Å². The summed E-state index contributed by atoms with van der Waals surface area (Å²) >= 11 is 1.84. The van der Waals surface area contributed by atoms with Crippen molar-refractivity contribution >= 4 is 28.6 Å². The molecular weight excluding hydrogens is 343 g/mol. The molecule has 0 aromatic carbocycles. The number of pyridine rings is 1. The van der Waals surface area contributed by atoms with Gasteiger partial charge in [-0.3, -0.25) is 9.78 Å². The molecule has 0 radical (unpaired) electrons. The van der Waals surface area contributed by atoms with Crippen molar-refractivity contribution in [1.82, 2.24) is 4.98 Å². The maximum Gasteiger partial charge on any atom is 0.311 e. The highest BCUT2D eigenvalue weighted by molar-refractivity contribution is 14.1. The molecule has 0 atom stereocenters. The second kappa shape index (κ2) is 6.23. The van der Waals surface area contributed by atoms with E-state index in [1.54, 1.807) is 13.8 Å². The number of aryl methyl sites for hydroxylation is 1. The summed E-state index contributed by atoms with van der Waals surface area (Å²) in [4.78, 5) is 15.2. The molecular formula is C11H12F2INO2. The van der Waals surface area contributed by atoms with Crippen molar-refractivity contribution in [2.75, 3.05) is 6.61 Å². The zero-order valence-electron chi connectivity index (χ0n) is 9.47. The van der Waals surface area contributed by atoms with E-state index in [1.807, 2.05) is 22.6 Å². The molecule has 0 fully saturated rings. The van der Waals surface area contributed by atoms with Crippen LogP contribution >= 0.6 is 22.6 Å². The highest BCUT2D eigenvalue weighted by Crippen LogP contribution is 2.29. The Kier molecular flexibility index (Phi) is 5.23. The van der Waals surface area contributed by atoms with Crippen molar-refractivity contribution in [1.29, 1.82) is 0 Å². The summed E-state index contributed by atoms with van der Waals surface area (Å²) in [6.07, 6.45) is -1.37. The molecule has 0 saturated carbocycles. The summed E-state index contributed by atoms with van der Waals surface area (Å²) in [6.45, 7) is 3.60. The molecule has 0 bridgehead atoms. The Hall–Kier alpha value is -0.790. The van der Waals surface area contributed by atoms with Gasteiger partial charge in [0.15, 0.2) is 0 Å². The summed E-state index contributed by atoms with van der Waals surface area (Å²) in [5.74, 6) is -0.540. The van der Waals surface area contributed by atoms with Crippen molar-refractivity contribution in [3.63, 3.8) is 0 Å². The SMILES string of the molecule is CCOC(=O)Cc1ncc(C)c(I)c1C(F)F. The summed E-state index contributed by atoms with van der Waals surface area (Å²) in [7, 11) is 0. The fourth-order valence-electron chi connectivity index (χ4n) is 1.35. The number of hydrogen-bond acceptors (Lipinski definition) is 3. The lowest BCUT2D eigenvalue weighted by Crippen LogP contribution is -2.12. The maximum absolute atomic E-state index is 12.9. The fraction of sp³-hybridized carbons (Fsp3) is 0.455. The van der Waals surface area contributed by atoms with Gasteiger partial charge in [0.05, 0.1) is 24.3 Å². The van der Waals surface area contributed by atoms with E-state index in [1.165, 1.54) is 6.20 Å². The van der Waals surface area contributed by atoms with Gasteiger partial charge in [0.1, 0.15) is 0 Å². The van der Waals surface area contributed by atoms with Gasteiger partial charge in [0.25, 0.3) is 6.43 Å². The van der Waals surface area contributed by atoms with Gasteiger partial charge < -0.3 is 4.74 Å². The van der Waals surface area contributed by atoms with Crippen molar-refractivity contribution in [3.8, 4) is 0 Å². The van der Waals surface area contributed by atoms with E-state index >= 15 is 0 Å². The molecule has 1 heterocycles. The molecule has 0 N–H and O–H groups in total. The first-order chi connectivity index (χ1) is 7.97. The van der Waals surface area contributed by atoms with Crippen LogP contribution in [-0.4, -0.2) is 17.6 Å². The van der Waals surface area contributed by atoms with Gasteiger partial charge in [-0.05, 0) is 42.0 Å². The predicted octanol–water partition coefficient (Wildman–Crippen LogP) is 3.04. The van der Waals surface area contributed by atoms with Gasteiger partial charge in [-0.25, -0.2) is 8.78 Å². The molecule has 0 aliphatic carbocycles. The third-order valence-corrected chi connectivity index (χ3v) is 3.57. The molecule has 1 aromatic rings. The van der Waals surface area contributed by atoms with Crippen LogP contribution in [0.5, 0.6) is 0 Å². The first-order valence-corrected chi connectivity index (χ1v) is 6.12. The van der Waals surface area contributed by atoms with Gasteiger partial charge in [-0.1, -0.05) is 0 Å². The van der Waals surface area contributed by atoms with Gasteiger partial charge in [0, 0.05) is 9.77 Å². The third-order valence-electron chi connectivity index (χ3n) is 2.14. The molecule has 17 heavy (non-hydrogen) atoms. The molecule has 0 aliphatic rings. The summed E-state index contributed by atoms with van der Waals surface area (Å²) in [5, 5.41) is 0. The lowest BCUT2D eigenvalue weighted by molar-refractivity contribution is -0.142. The smallest absolute Gasteiger partial charge is 0.311 e. The minimum absolute atomic E-state index is 0.0912. The number of rotatable bonds is 4. The van der Waals surface area contributed by atoms with Crippen molar-refractivity contribution < 1.29 is 18.3 Å². The van der Waals surface area contributed by atoms with Crippen molar-refractivity contribution in [2.24, 2.45) is 0 Å². The van der Waals surface area contributed by atoms with E-state index in [-0.39, 0.29) is 24.3 Å². The normalized spacial score (nSPS) is 10.7. The Morgan fingerprint density at radius 3 is 2.76 bits per heavy atom. The quantitative estimate of drug-likeness (QED) is 0.616. The van der Waals surface area contributed by atoms with Crippen LogP contribution in [0.25, 0.3) is 0 Å². The second-order valence-corrected chi connectivity index (χ2v) is 4.48. The van der Waals surface area contributed by atoms with Crippen LogP contribution in [0.15, 0.2) is 6.20 Å². The van der Waals surface area contributed by atoms with Gasteiger partial charge in [0.2, 0.25) is 0 Å². The lowest BCUT2D eigenvalue weighted by atomic mass is 10.1. The van der Waals surface area contributed by atoms with Gasteiger partial charge >= 0.3 is 5.97 Å². The number of carbonyl (C=O) groups is 1. The van der Waals surface area contributed by atoms with E-state index in [0.717, 1.165) is 0 Å². The van der Waals surface area contributed by atoms with Crippen LogP contribution in [0, 0.1) is 10.5 Å². The number of halogens is 3. The van der Waals surface area contributed by atoms with Crippen LogP contribution in [0.2, 0.25) is 0 Å². The molecule has 0 saturated heterocycles. The average molecular weight is 355 g/mol. The molecule has 0 amide bonds. The summed E-state index contributed by atoms with van der Waals surface area (Å²) in [5.41, 5.74) is 0.598. The first kappa shape index (κ1) is 14.3. The molecule has 1 rings (SSSR count). The Labute approximate surface area is 112 Å². The van der Waals surface area contributed by atoms with Gasteiger partial charge in [-0.2, -0.15) is 0 Å². The Morgan fingerprint density at radius 2 is 2.24 bits per heavy atom. The highest BCUT2D eigenvalue weighted by atomic mass is 127. The van der Waals surface area contributed by atoms with E-state index in [4.69, 9.17) is 4.74 Å². The van der Waals surface area contributed by atoms with Crippen molar-refractivity contribution in [3.05, 3.63) is 26.6 Å². The average Bonchev–Trinajstić information content (AvgIpc) is 2.23. The molecule has 0 unspecified atom stereocenters. The predicted molar refractivity (Wildman–Crippen MR) is 67.0 cm³/mol. The van der Waals surface area contributed by atoms with Crippen LogP contribution < -0.4 is 0 Å². The number of carbonyl (C=O) groups excluding carboxylic acids is 1. The summed E-state index contributed by atoms with van der Waals surface area (Å²) < 4.78 is 31.0. The van der Waals surface area contributed by atoms with E-state index in [9.17, 15) is 13.6 Å². The van der Waals surface area contributed by atoms with Crippen LogP contribution in [0.1, 0.15) is 30.2 Å².